The second-order valence-electron chi connectivity index (χ2n) is 20.2. The smallest absolute Gasteiger partial charge is 0.761 e. The van der Waals surface area contributed by atoms with E-state index in [2.05, 4.69) is 109 Å². The van der Waals surface area contributed by atoms with Gasteiger partial charge in [-0.05, 0) is 98.7 Å². The normalized spacial score (nSPS) is 14.8. The topological polar surface area (TPSA) is 477 Å². The van der Waals surface area contributed by atoms with Crippen LogP contribution >= 0.6 is 63.3 Å². The molecule has 530 valence electrons. The van der Waals surface area contributed by atoms with Crippen molar-refractivity contribution < 1.29 is 98.2 Å². The van der Waals surface area contributed by atoms with E-state index < -0.39 is 44.7 Å². The molecule has 98 heavy (non-hydrogen) atoms. The van der Waals surface area contributed by atoms with Gasteiger partial charge in [-0.25, -0.2) is 14.6 Å². The van der Waals surface area contributed by atoms with E-state index in [9.17, 15) is 60.4 Å². The Hall–Kier alpha value is -6.96. The molecule has 7 fully saturated rings. The summed E-state index contributed by atoms with van der Waals surface area (Å²) in [6.07, 6.45) is 15.6. The molecule has 14 N–H and O–H groups in total. The molecule has 38 heteroatoms. The van der Waals surface area contributed by atoms with E-state index in [1.807, 2.05) is 12.1 Å². The van der Waals surface area contributed by atoms with Crippen molar-refractivity contribution in [3.63, 3.8) is 0 Å². The molecule has 5 saturated carbocycles. The predicted octanol–water partition coefficient (Wildman–Crippen LogP) is 0.629. The first-order chi connectivity index (χ1) is 45.4. The van der Waals surface area contributed by atoms with Crippen LogP contribution in [0.5, 0.6) is 5.88 Å². The van der Waals surface area contributed by atoms with Crippen LogP contribution in [0.4, 0.5) is 18.0 Å². The number of esters is 1. The van der Waals surface area contributed by atoms with Gasteiger partial charge in [0.05, 0.1) is 129 Å². The van der Waals surface area contributed by atoms with E-state index in [1.165, 1.54) is 39.2 Å². The Labute approximate surface area is 611 Å². The molecule has 2 saturated heterocycles. The van der Waals surface area contributed by atoms with Crippen molar-refractivity contribution in [2.45, 2.75) is 109 Å². The third kappa shape index (κ3) is 43.4. The van der Waals surface area contributed by atoms with E-state index in [4.69, 9.17) is 61.5 Å². The number of thiocarbonyl (C=S) groups is 1. The largest absolute Gasteiger partial charge is 1.00 e. The van der Waals surface area contributed by atoms with E-state index in [1.54, 1.807) is 6.07 Å². The van der Waals surface area contributed by atoms with E-state index in [0.717, 1.165) is 132 Å². The number of rotatable bonds is 13. The monoisotopic (exact) mass is 1540 g/mol. The van der Waals surface area contributed by atoms with Crippen LogP contribution in [0.2, 0.25) is 0 Å². The van der Waals surface area contributed by atoms with Crippen LogP contribution in [-0.4, -0.2) is 147 Å². The summed E-state index contributed by atoms with van der Waals surface area (Å²) in [7, 11) is -3.33. The van der Waals surface area contributed by atoms with E-state index >= 15 is 0 Å². The molecular weight excluding hydrogens is 1470 g/mol. The number of nitriles is 4. The maximum Gasteiger partial charge on any atom is 1.00 e. The molecule has 2 aliphatic heterocycles. The van der Waals surface area contributed by atoms with Gasteiger partial charge in [-0.1, -0.05) is 62.6 Å². The molecule has 7 aliphatic rings. The van der Waals surface area contributed by atoms with Crippen molar-refractivity contribution in [2.24, 2.45) is 34.8 Å². The number of halogens is 5. The first-order valence-corrected chi connectivity index (χ1v) is 34.5. The van der Waals surface area contributed by atoms with Gasteiger partial charge in [-0.15, -0.1) is 12.3 Å². The Balaban J connectivity index is 0. The fourth-order valence-corrected chi connectivity index (χ4v) is 8.99. The van der Waals surface area contributed by atoms with Gasteiger partial charge in [-0.3, -0.25) is 24.0 Å². The number of nitrogens with one attached hydrogen (secondary N) is 2. The molecule has 0 radical (unpaired) electrons. The Kier molecular flexibility index (Phi) is 48.7. The zero-order chi connectivity index (χ0) is 72.4. The number of terminal acetylenes is 1. The minimum absolute atomic E-state index is 0. The molecule has 27 nitrogen and oxygen atoms in total. The second-order valence-corrected chi connectivity index (χ2v) is 25.5. The van der Waals surface area contributed by atoms with Gasteiger partial charge in [0.25, 0.3) is 0 Å². The molecule has 3 aromatic heterocycles. The van der Waals surface area contributed by atoms with Crippen LogP contribution < -0.4 is 67.7 Å². The van der Waals surface area contributed by atoms with Crippen LogP contribution in [-0.2, 0) is 60.9 Å². The Morgan fingerprint density at radius 1 is 0.745 bits per heavy atom. The summed E-state index contributed by atoms with van der Waals surface area (Å²) in [6, 6.07) is 11.8. The number of aromatic nitrogens is 3. The Morgan fingerprint density at radius 3 is 1.46 bits per heavy atom. The number of primary amides is 3. The number of pyridine rings is 3. The molecule has 10 rings (SSSR count). The van der Waals surface area contributed by atoms with Crippen LogP contribution in [0.25, 0.3) is 0 Å². The summed E-state index contributed by atoms with van der Waals surface area (Å²) in [5.74, 6) is 6.57. The summed E-state index contributed by atoms with van der Waals surface area (Å²) in [6.45, 7) is 8.39. The number of H-pyrrole nitrogens is 2. The summed E-state index contributed by atoms with van der Waals surface area (Å²) in [4.78, 5) is 82.3. The molecule has 3 aromatic rings. The number of carbonyl (C=O) groups is 5. The summed E-state index contributed by atoms with van der Waals surface area (Å²) in [5, 5.41) is 40.4. The van der Waals surface area contributed by atoms with Gasteiger partial charge in [0.2, 0.25) is 34.7 Å². The minimum atomic E-state index is -5.89. The fraction of sp³-hybridized carbons (Fsp3) is 0.500. The van der Waals surface area contributed by atoms with E-state index in [-0.39, 0.29) is 93.1 Å². The van der Waals surface area contributed by atoms with Crippen LogP contribution in [0.15, 0.2) is 42.9 Å². The molecule has 0 spiro atoms. The van der Waals surface area contributed by atoms with Crippen LogP contribution in [0.1, 0.15) is 122 Å². The van der Waals surface area contributed by atoms with Crippen molar-refractivity contribution in [2.75, 3.05) is 83.7 Å². The quantitative estimate of drug-likeness (QED) is 0.00946. The average Bonchev–Trinajstić information content (AvgIpc) is 1.40. The third-order valence-electron chi connectivity index (χ3n) is 12.0. The van der Waals surface area contributed by atoms with Gasteiger partial charge < -0.3 is 86.7 Å². The van der Waals surface area contributed by atoms with Gasteiger partial charge in [0, 0.05) is 47.6 Å². The van der Waals surface area contributed by atoms with Crippen molar-refractivity contribution in [1.82, 2.24) is 15.0 Å². The van der Waals surface area contributed by atoms with Gasteiger partial charge >= 0.3 is 45.9 Å². The maximum atomic E-state index is 12.4. The molecular formula is C60H76BrClF3LiN13O14S5+. The van der Waals surface area contributed by atoms with Crippen LogP contribution in [0.3, 0.4) is 0 Å². The number of nitrogens with two attached hydrogens (primary N) is 6. The number of alkyl halides is 4. The average molecular weight is 1540 g/mol. The number of carbonyl (C=O) groups excluding carboxylic acids is 5. The summed E-state index contributed by atoms with van der Waals surface area (Å²) < 4.78 is 81.8. The molecule has 0 aromatic carbocycles. The number of hydrogen-bond acceptors (Lipinski definition) is 23. The number of aromatic amines is 2. The summed E-state index contributed by atoms with van der Waals surface area (Å²) in [5.41, 5.74) is 15.7. The predicted molar refractivity (Wildman–Crippen MR) is 363 cm³/mol. The maximum absolute atomic E-state index is 12.4. The number of nitrogens with zero attached hydrogens (tertiary/aromatic N) is 5. The number of ether oxygens (including phenoxy) is 4. The first kappa shape index (κ1) is 93.1. The molecule has 0 unspecified atom stereocenters. The number of quaternary nitrogens is 2. The summed E-state index contributed by atoms with van der Waals surface area (Å²) >= 11 is 18.5. The van der Waals surface area contributed by atoms with Crippen molar-refractivity contribution >= 4 is 120 Å². The van der Waals surface area contributed by atoms with Crippen molar-refractivity contribution in [1.29, 1.82) is 21.0 Å². The van der Waals surface area contributed by atoms with Crippen molar-refractivity contribution in [3.05, 3.63) is 79.7 Å². The minimum Gasteiger partial charge on any atom is -0.761 e. The molecule has 5 heterocycles. The van der Waals surface area contributed by atoms with Crippen LogP contribution in [0, 0.1) is 88.8 Å². The van der Waals surface area contributed by atoms with Gasteiger partial charge in [0.15, 0.2) is 0 Å². The number of methoxy groups -OCH3 is 2. The number of amides is 3. The second kappa shape index (κ2) is 51.2. The Morgan fingerprint density at radius 2 is 1.16 bits per heavy atom. The van der Waals surface area contributed by atoms with Gasteiger partial charge in [-0.2, -0.15) is 42.6 Å². The van der Waals surface area contributed by atoms with E-state index in [0.29, 0.717) is 58.2 Å². The fourth-order valence-electron chi connectivity index (χ4n) is 6.74. The number of morpholine rings is 2. The number of hydrogen-bond donors (Lipinski definition) is 8. The zero-order valence-corrected chi connectivity index (χ0v) is 60.5. The molecule has 0 bridgehead atoms. The number of thioether (sulfide) groups is 2. The van der Waals surface area contributed by atoms with Gasteiger partial charge in [0.1, 0.15) is 17.2 Å². The third-order valence-corrected chi connectivity index (χ3v) is 16.1. The SMILES string of the molecule is C#CC1CC1.C1COCC[NH2+]1.C1COCC[NH2+]1.COC(=O)C#CC1CC1.COC(=O)Cl.N#CCC(N)=S.N#Cc1c(C2CC2)cc(=O)[nH]c1SCC(N)=O.N#Cc1c(C2CC2)cc(=O)[nH]c1[S-].N#Cc1c(C2CC2)cc(OS(=O)(=O)C(F)(F)F)nc1SCC(N)=O.NC(=O)CBr.[CH3-].[Li+]. The Bertz CT molecular complexity index is 3570. The first-order valence-electron chi connectivity index (χ1n) is 28.8. The zero-order valence-electron chi connectivity index (χ0n) is 54.1. The van der Waals surface area contributed by atoms with Crippen molar-refractivity contribution in [3.8, 4) is 54.3 Å². The molecule has 3 amide bonds. The molecule has 0 atom stereocenters. The standard InChI is InChI=1S/C12H10F3N3O4S2.C11H11N3O2S.C9H8N2OS.C7H8O2.C5H6.2C4H9NO.C3H4N2S.C2H4BrNO.C2H3ClO2.CH3.Li/c13-12(14,15)24(20,21)22-10-3-7(6-1-2-6)8(4-16)11(18-10)23-5-9(17)19;12-4-8-7(6-1-2-6)3-10(16)14-11(8)17-5-9(13)15;10-4-7-6(5-1-2-5)3-8(12)11-9(7)13;1-9-7(8)5-4-6-2-3-6;1-2-5-3-4-5;2*1-3-6-4-2-5-1;4-2-1-3(5)6;3-1-2(4)5;1-5-2(3)4;;/h3,6H,1-2,5H2,(H2,17,19);3,6H,1-2,5H2,(H2,13,15)(H,14,16);3,5H,1-2H2,(H2,11,12,13);6H,2-3H2,1H3;1,5H,3-4H2;2*5H,1-4H2;1H2,(H2,5,6);1H2,(H2,4,5);1H3;1H3;/q;;;;;;;;;;-1;+1/p+1. The molecule has 5 aliphatic carbocycles.